The van der Waals surface area contributed by atoms with Gasteiger partial charge in [-0.15, -0.1) is 0 Å². The number of halogens is 1. The van der Waals surface area contributed by atoms with Crippen molar-refractivity contribution in [3.63, 3.8) is 0 Å². The van der Waals surface area contributed by atoms with Crippen LogP contribution in [0.4, 0.5) is 0 Å². The molecule has 0 spiro atoms. The molecule has 1 unspecified atom stereocenters. The molecule has 0 radical (unpaired) electrons. The van der Waals surface area contributed by atoms with Gasteiger partial charge in [-0.1, -0.05) is 30.2 Å². The van der Waals surface area contributed by atoms with E-state index in [2.05, 4.69) is 24.0 Å². The quantitative estimate of drug-likeness (QED) is 0.896. The first-order chi connectivity index (χ1) is 8.20. The van der Waals surface area contributed by atoms with Gasteiger partial charge in [0.25, 0.3) is 0 Å². The number of nitrogens with two attached hydrogens (primary N) is 1. The highest BCUT2D eigenvalue weighted by Crippen LogP contribution is 2.23. The van der Waals surface area contributed by atoms with Crippen LogP contribution in [0.25, 0.3) is 0 Å². The van der Waals surface area contributed by atoms with Crippen LogP contribution in [0.2, 0.25) is 5.02 Å². The highest BCUT2D eigenvalue weighted by Gasteiger charge is 2.21. The van der Waals surface area contributed by atoms with E-state index in [1.807, 2.05) is 6.07 Å². The lowest BCUT2D eigenvalue weighted by Gasteiger charge is -2.35. The Morgan fingerprint density at radius 1 is 1.41 bits per heavy atom. The average Bonchev–Trinajstić information content (AvgIpc) is 2.33. The van der Waals surface area contributed by atoms with Crippen molar-refractivity contribution in [2.75, 3.05) is 13.1 Å². The molecule has 0 bridgehead atoms. The van der Waals surface area contributed by atoms with E-state index in [-0.39, 0.29) is 0 Å². The molecule has 2 rings (SSSR count). The number of benzene rings is 1. The Morgan fingerprint density at radius 3 is 2.94 bits per heavy atom. The van der Waals surface area contributed by atoms with Crippen LogP contribution in [0, 0.1) is 6.92 Å². The van der Waals surface area contributed by atoms with Crippen molar-refractivity contribution < 1.29 is 0 Å². The first kappa shape index (κ1) is 12.9. The lowest BCUT2D eigenvalue weighted by molar-refractivity contribution is 0.145. The maximum atomic E-state index is 6.28. The van der Waals surface area contributed by atoms with Gasteiger partial charge in [-0.2, -0.15) is 0 Å². The normalized spacial score (nSPS) is 21.7. The van der Waals surface area contributed by atoms with Crippen molar-refractivity contribution in [2.24, 2.45) is 5.73 Å². The zero-order chi connectivity index (χ0) is 12.3. The fourth-order valence-electron chi connectivity index (χ4n) is 2.53. The first-order valence-corrected chi connectivity index (χ1v) is 6.77. The van der Waals surface area contributed by atoms with Crippen molar-refractivity contribution in [2.45, 2.75) is 38.8 Å². The zero-order valence-corrected chi connectivity index (χ0v) is 11.2. The molecule has 1 aliphatic heterocycles. The summed E-state index contributed by atoms with van der Waals surface area (Å²) in [5.74, 6) is 0. The molecule has 17 heavy (non-hydrogen) atoms. The Balaban J connectivity index is 2.08. The van der Waals surface area contributed by atoms with Crippen molar-refractivity contribution in [1.29, 1.82) is 0 Å². The van der Waals surface area contributed by atoms with Gasteiger partial charge in [0.15, 0.2) is 0 Å². The Hall–Kier alpha value is -0.570. The summed E-state index contributed by atoms with van der Waals surface area (Å²) in [6.07, 6.45) is 3.81. The number of hydrogen-bond acceptors (Lipinski definition) is 2. The van der Waals surface area contributed by atoms with Crippen molar-refractivity contribution in [3.8, 4) is 0 Å². The van der Waals surface area contributed by atoms with Crippen molar-refractivity contribution in [1.82, 2.24) is 4.90 Å². The van der Waals surface area contributed by atoms with Crippen LogP contribution in [0.5, 0.6) is 0 Å². The summed E-state index contributed by atoms with van der Waals surface area (Å²) in [5, 5.41) is 0.881. The molecule has 1 aliphatic rings. The summed E-state index contributed by atoms with van der Waals surface area (Å²) in [6, 6.07) is 6.84. The van der Waals surface area contributed by atoms with E-state index in [1.165, 1.54) is 30.4 Å². The van der Waals surface area contributed by atoms with Crippen LogP contribution in [0.3, 0.4) is 0 Å². The van der Waals surface area contributed by atoms with Gasteiger partial charge in [0, 0.05) is 24.2 Å². The van der Waals surface area contributed by atoms with Gasteiger partial charge in [-0.3, -0.25) is 4.90 Å². The lowest BCUT2D eigenvalue weighted by atomic mass is 10.0. The van der Waals surface area contributed by atoms with Crippen molar-refractivity contribution in [3.05, 3.63) is 34.3 Å². The molecule has 3 heteroatoms. The zero-order valence-electron chi connectivity index (χ0n) is 10.5. The van der Waals surface area contributed by atoms with Crippen molar-refractivity contribution >= 4 is 11.6 Å². The van der Waals surface area contributed by atoms with Crippen LogP contribution in [0.1, 0.15) is 30.4 Å². The molecule has 1 atom stereocenters. The van der Waals surface area contributed by atoms with E-state index in [1.54, 1.807) is 0 Å². The van der Waals surface area contributed by atoms with E-state index in [9.17, 15) is 0 Å². The summed E-state index contributed by atoms with van der Waals surface area (Å²) in [6.45, 7) is 4.90. The van der Waals surface area contributed by atoms with Crippen LogP contribution < -0.4 is 5.73 Å². The second-order valence-electron chi connectivity index (χ2n) is 4.95. The third-order valence-electron chi connectivity index (χ3n) is 3.60. The minimum atomic E-state index is 0.529. The van der Waals surface area contributed by atoms with Gasteiger partial charge in [0.2, 0.25) is 0 Å². The molecule has 2 nitrogen and oxygen atoms in total. The Kier molecular flexibility index (Phi) is 4.43. The van der Waals surface area contributed by atoms with Crippen LogP contribution >= 0.6 is 11.6 Å². The van der Waals surface area contributed by atoms with E-state index in [4.69, 9.17) is 17.3 Å². The average molecular weight is 253 g/mol. The summed E-state index contributed by atoms with van der Waals surface area (Å²) in [7, 11) is 0. The minimum absolute atomic E-state index is 0.529. The van der Waals surface area contributed by atoms with Crippen LogP contribution in [-0.4, -0.2) is 24.0 Å². The topological polar surface area (TPSA) is 29.3 Å². The van der Waals surface area contributed by atoms with Gasteiger partial charge >= 0.3 is 0 Å². The molecular weight excluding hydrogens is 232 g/mol. The highest BCUT2D eigenvalue weighted by molar-refractivity contribution is 6.31. The molecule has 1 aromatic carbocycles. The van der Waals surface area contributed by atoms with Crippen LogP contribution in [-0.2, 0) is 6.54 Å². The monoisotopic (exact) mass is 252 g/mol. The molecule has 1 heterocycles. The SMILES string of the molecule is Cc1ccc(CN2CCCCC2CN)c(Cl)c1. The predicted molar refractivity (Wildman–Crippen MR) is 73.3 cm³/mol. The molecule has 0 aromatic heterocycles. The largest absolute Gasteiger partial charge is 0.329 e. The third-order valence-corrected chi connectivity index (χ3v) is 3.96. The molecule has 1 fully saturated rings. The number of hydrogen-bond donors (Lipinski definition) is 1. The van der Waals surface area contributed by atoms with E-state index in [0.717, 1.165) is 24.7 Å². The van der Waals surface area contributed by atoms with Gasteiger partial charge in [0.05, 0.1) is 0 Å². The number of nitrogens with zero attached hydrogens (tertiary/aromatic N) is 1. The summed E-state index contributed by atoms with van der Waals surface area (Å²) >= 11 is 6.28. The standard InChI is InChI=1S/C14H21ClN2/c1-11-5-6-12(14(15)8-11)10-17-7-3-2-4-13(17)9-16/h5-6,8,13H,2-4,7,9-10,16H2,1H3. The van der Waals surface area contributed by atoms with Crippen LogP contribution in [0.15, 0.2) is 18.2 Å². The number of piperidine rings is 1. The maximum Gasteiger partial charge on any atom is 0.0453 e. The number of rotatable bonds is 3. The molecular formula is C14H21ClN2. The fourth-order valence-corrected chi connectivity index (χ4v) is 2.83. The maximum absolute atomic E-state index is 6.28. The van der Waals surface area contributed by atoms with Gasteiger partial charge in [-0.05, 0) is 43.5 Å². The minimum Gasteiger partial charge on any atom is -0.329 e. The Labute approximate surface area is 109 Å². The molecule has 0 amide bonds. The fraction of sp³-hybridized carbons (Fsp3) is 0.571. The molecule has 94 valence electrons. The van der Waals surface area contributed by atoms with Gasteiger partial charge in [-0.25, -0.2) is 0 Å². The summed E-state index contributed by atoms with van der Waals surface area (Å²) in [4.78, 5) is 2.47. The second-order valence-corrected chi connectivity index (χ2v) is 5.36. The molecule has 1 saturated heterocycles. The first-order valence-electron chi connectivity index (χ1n) is 6.40. The van der Waals surface area contributed by atoms with E-state index in [0.29, 0.717) is 6.04 Å². The lowest BCUT2D eigenvalue weighted by Crippen LogP contribution is -2.43. The summed E-state index contributed by atoms with van der Waals surface area (Å²) in [5.41, 5.74) is 8.27. The number of likely N-dealkylation sites (tertiary alicyclic amines) is 1. The molecule has 0 aliphatic carbocycles. The summed E-state index contributed by atoms with van der Waals surface area (Å²) < 4.78 is 0. The number of aryl methyl sites for hydroxylation is 1. The Bertz CT molecular complexity index is 378. The van der Waals surface area contributed by atoms with E-state index < -0.39 is 0 Å². The highest BCUT2D eigenvalue weighted by atomic mass is 35.5. The third kappa shape index (κ3) is 3.21. The second kappa shape index (κ2) is 5.85. The van der Waals surface area contributed by atoms with Gasteiger partial charge < -0.3 is 5.73 Å². The Morgan fingerprint density at radius 2 is 2.24 bits per heavy atom. The van der Waals surface area contributed by atoms with Gasteiger partial charge in [0.1, 0.15) is 0 Å². The molecule has 1 aromatic rings. The van der Waals surface area contributed by atoms with E-state index >= 15 is 0 Å². The molecule has 2 N–H and O–H groups in total. The smallest absolute Gasteiger partial charge is 0.0453 e. The molecule has 0 saturated carbocycles. The predicted octanol–water partition coefficient (Wildman–Crippen LogP) is 2.96.